The molecule has 0 aliphatic rings. The van der Waals surface area contributed by atoms with Crippen LogP contribution in [0.3, 0.4) is 0 Å². The predicted molar refractivity (Wildman–Crippen MR) is 74.4 cm³/mol. The van der Waals surface area contributed by atoms with Gasteiger partial charge in [0, 0.05) is 12.2 Å². The molecule has 1 rings (SSSR count). The van der Waals surface area contributed by atoms with Crippen molar-refractivity contribution in [2.75, 3.05) is 18.4 Å². The van der Waals surface area contributed by atoms with Gasteiger partial charge in [0.05, 0.1) is 11.6 Å². The second-order valence-electron chi connectivity index (χ2n) is 4.39. The Balaban J connectivity index is 2.87. The van der Waals surface area contributed by atoms with Crippen molar-refractivity contribution in [3.05, 3.63) is 29.3 Å². The minimum atomic E-state index is -1.06. The molecule has 0 aliphatic carbocycles. The molecule has 0 unspecified atom stereocenters. The Morgan fingerprint density at radius 1 is 1.45 bits per heavy atom. The summed E-state index contributed by atoms with van der Waals surface area (Å²) in [6.07, 6.45) is 0.665. The zero-order valence-corrected chi connectivity index (χ0v) is 11.5. The van der Waals surface area contributed by atoms with Gasteiger partial charge in [-0.15, -0.1) is 0 Å². The van der Waals surface area contributed by atoms with E-state index in [0.29, 0.717) is 24.2 Å². The van der Waals surface area contributed by atoms with Gasteiger partial charge >= 0.3 is 12.0 Å². The molecule has 0 bridgehead atoms. The first-order chi connectivity index (χ1) is 9.47. The van der Waals surface area contributed by atoms with Crippen molar-refractivity contribution in [1.29, 1.82) is 5.26 Å². The molecule has 0 aromatic heterocycles. The molecule has 0 radical (unpaired) electrons. The number of aliphatic carboxylic acids is 1. The van der Waals surface area contributed by atoms with Gasteiger partial charge in [-0.1, -0.05) is 13.0 Å². The fourth-order valence-corrected chi connectivity index (χ4v) is 1.71. The van der Waals surface area contributed by atoms with Gasteiger partial charge in [0.1, 0.15) is 6.54 Å². The first-order valence-corrected chi connectivity index (χ1v) is 6.26. The Labute approximate surface area is 117 Å². The first kappa shape index (κ1) is 15.5. The third-order valence-corrected chi connectivity index (χ3v) is 2.72. The van der Waals surface area contributed by atoms with E-state index in [9.17, 15) is 9.59 Å². The number of amides is 2. The van der Waals surface area contributed by atoms with Crippen molar-refractivity contribution in [2.24, 2.45) is 0 Å². The highest BCUT2D eigenvalue weighted by Crippen LogP contribution is 2.17. The molecule has 20 heavy (non-hydrogen) atoms. The number of nitrogens with zero attached hydrogens (tertiary/aromatic N) is 2. The lowest BCUT2D eigenvalue weighted by Gasteiger charge is -2.21. The van der Waals surface area contributed by atoms with Crippen molar-refractivity contribution in [3.63, 3.8) is 0 Å². The Morgan fingerprint density at radius 3 is 2.70 bits per heavy atom. The van der Waals surface area contributed by atoms with Crippen LogP contribution < -0.4 is 5.32 Å². The lowest BCUT2D eigenvalue weighted by molar-refractivity contribution is -0.137. The molecule has 0 heterocycles. The van der Waals surface area contributed by atoms with Crippen molar-refractivity contribution < 1.29 is 14.7 Å². The first-order valence-electron chi connectivity index (χ1n) is 6.26. The van der Waals surface area contributed by atoms with Crippen LogP contribution in [0.15, 0.2) is 18.2 Å². The van der Waals surface area contributed by atoms with Gasteiger partial charge in [0.2, 0.25) is 0 Å². The zero-order chi connectivity index (χ0) is 15.1. The number of carbonyl (C=O) groups is 2. The van der Waals surface area contributed by atoms with Crippen LogP contribution >= 0.6 is 0 Å². The van der Waals surface area contributed by atoms with Crippen molar-refractivity contribution in [2.45, 2.75) is 20.3 Å². The monoisotopic (exact) mass is 275 g/mol. The largest absolute Gasteiger partial charge is 0.480 e. The number of nitrogens with one attached hydrogen (secondary N) is 1. The maximum Gasteiger partial charge on any atom is 0.323 e. The molecule has 2 amide bonds. The number of carboxylic acid groups (broad SMARTS) is 1. The Morgan fingerprint density at radius 2 is 2.15 bits per heavy atom. The Bertz CT molecular complexity index is 549. The third kappa shape index (κ3) is 4.28. The molecule has 0 saturated heterocycles. The Kier molecular flexibility index (Phi) is 5.54. The van der Waals surface area contributed by atoms with E-state index in [1.54, 1.807) is 25.1 Å². The van der Waals surface area contributed by atoms with Crippen molar-refractivity contribution in [3.8, 4) is 6.07 Å². The number of hydrogen-bond donors (Lipinski definition) is 2. The van der Waals surface area contributed by atoms with Gasteiger partial charge in [-0.25, -0.2) is 4.79 Å². The summed E-state index contributed by atoms with van der Waals surface area (Å²) >= 11 is 0. The van der Waals surface area contributed by atoms with Crippen LogP contribution in [0.25, 0.3) is 0 Å². The van der Waals surface area contributed by atoms with E-state index in [1.165, 1.54) is 4.90 Å². The second-order valence-corrected chi connectivity index (χ2v) is 4.39. The van der Waals surface area contributed by atoms with Gasteiger partial charge in [-0.05, 0) is 31.0 Å². The number of hydrogen-bond acceptors (Lipinski definition) is 3. The molecule has 0 aliphatic heterocycles. The van der Waals surface area contributed by atoms with Gasteiger partial charge in [-0.2, -0.15) is 5.26 Å². The molecule has 6 nitrogen and oxygen atoms in total. The van der Waals surface area contributed by atoms with Crippen LogP contribution in [-0.2, 0) is 4.79 Å². The average molecular weight is 275 g/mol. The van der Waals surface area contributed by atoms with Crippen LogP contribution in [0.4, 0.5) is 10.5 Å². The topological polar surface area (TPSA) is 93.4 Å². The van der Waals surface area contributed by atoms with Crippen LogP contribution in [-0.4, -0.2) is 35.1 Å². The number of carbonyl (C=O) groups excluding carboxylic acids is 1. The third-order valence-electron chi connectivity index (χ3n) is 2.72. The van der Waals surface area contributed by atoms with E-state index in [2.05, 4.69) is 5.32 Å². The number of urea groups is 1. The lowest BCUT2D eigenvalue weighted by Crippen LogP contribution is -2.39. The molecular formula is C14H17N3O3. The number of anilines is 1. The molecule has 0 saturated carbocycles. The van der Waals surface area contributed by atoms with Gasteiger partial charge < -0.3 is 15.3 Å². The quantitative estimate of drug-likeness (QED) is 0.861. The number of aryl methyl sites for hydroxylation is 1. The van der Waals surface area contributed by atoms with E-state index in [4.69, 9.17) is 10.4 Å². The molecule has 1 aromatic rings. The molecule has 2 N–H and O–H groups in total. The maximum absolute atomic E-state index is 12.1. The molecule has 0 fully saturated rings. The summed E-state index contributed by atoms with van der Waals surface area (Å²) in [5, 5.41) is 20.3. The fourth-order valence-electron chi connectivity index (χ4n) is 1.71. The highest BCUT2D eigenvalue weighted by atomic mass is 16.4. The molecule has 106 valence electrons. The summed E-state index contributed by atoms with van der Waals surface area (Å²) in [6.45, 7) is 3.67. The van der Waals surface area contributed by atoms with E-state index in [0.717, 1.165) is 5.56 Å². The molecule has 0 spiro atoms. The summed E-state index contributed by atoms with van der Waals surface area (Å²) in [4.78, 5) is 24.0. The van der Waals surface area contributed by atoms with Crippen LogP contribution in [0.2, 0.25) is 0 Å². The van der Waals surface area contributed by atoms with Crippen LogP contribution in [0.1, 0.15) is 24.5 Å². The summed E-state index contributed by atoms with van der Waals surface area (Å²) in [5.74, 6) is -1.06. The summed E-state index contributed by atoms with van der Waals surface area (Å²) < 4.78 is 0. The number of nitriles is 1. The highest BCUT2D eigenvalue weighted by Gasteiger charge is 2.16. The van der Waals surface area contributed by atoms with Crippen LogP contribution in [0, 0.1) is 18.3 Å². The standard InChI is InChI=1S/C14H17N3O3/c1-3-6-17(9-13(18)19)14(20)16-12-7-11(8-15)5-4-10(12)2/h4-5,7H,3,6,9H2,1-2H3,(H,16,20)(H,18,19). The minimum Gasteiger partial charge on any atom is -0.480 e. The second kappa shape index (κ2) is 7.14. The summed E-state index contributed by atoms with van der Waals surface area (Å²) in [7, 11) is 0. The van der Waals surface area contributed by atoms with Crippen LogP contribution in [0.5, 0.6) is 0 Å². The SMILES string of the molecule is CCCN(CC(=O)O)C(=O)Nc1cc(C#N)ccc1C. The number of carboxylic acids is 1. The predicted octanol–water partition coefficient (Wildman–Crippen LogP) is 2.20. The average Bonchev–Trinajstić information content (AvgIpc) is 2.40. The maximum atomic E-state index is 12.1. The summed E-state index contributed by atoms with van der Waals surface area (Å²) in [5.41, 5.74) is 1.76. The molecule has 6 heteroatoms. The van der Waals surface area contributed by atoms with E-state index >= 15 is 0 Å². The molecule has 1 aromatic carbocycles. The van der Waals surface area contributed by atoms with Gasteiger partial charge in [0.15, 0.2) is 0 Å². The van der Waals surface area contributed by atoms with Crippen molar-refractivity contribution in [1.82, 2.24) is 4.90 Å². The lowest BCUT2D eigenvalue weighted by atomic mass is 10.1. The fraction of sp³-hybridized carbons (Fsp3) is 0.357. The highest BCUT2D eigenvalue weighted by molar-refractivity contribution is 5.92. The zero-order valence-electron chi connectivity index (χ0n) is 11.5. The number of benzene rings is 1. The smallest absolute Gasteiger partial charge is 0.323 e. The number of rotatable bonds is 5. The summed E-state index contributed by atoms with van der Waals surface area (Å²) in [6, 6.07) is 6.47. The Hall–Kier alpha value is -2.55. The van der Waals surface area contributed by atoms with E-state index in [1.807, 2.05) is 13.0 Å². The molecular weight excluding hydrogens is 258 g/mol. The van der Waals surface area contributed by atoms with Gasteiger partial charge in [-0.3, -0.25) is 4.79 Å². The van der Waals surface area contributed by atoms with E-state index in [-0.39, 0.29) is 6.54 Å². The minimum absolute atomic E-state index is 0.351. The molecule has 0 atom stereocenters. The van der Waals surface area contributed by atoms with Gasteiger partial charge in [0.25, 0.3) is 0 Å². The van der Waals surface area contributed by atoms with E-state index < -0.39 is 12.0 Å². The normalized spacial score (nSPS) is 9.65. The van der Waals surface area contributed by atoms with Crippen molar-refractivity contribution >= 4 is 17.7 Å².